The Labute approximate surface area is 114 Å². The molecule has 0 aliphatic heterocycles. The molecular weight excluding hydrogens is 244 g/mol. The summed E-state index contributed by atoms with van der Waals surface area (Å²) in [6.07, 6.45) is 4.96. The Morgan fingerprint density at radius 3 is 2.68 bits per heavy atom. The molecule has 6 heteroatoms. The van der Waals surface area contributed by atoms with Gasteiger partial charge in [-0.1, -0.05) is 17.9 Å². The van der Waals surface area contributed by atoms with Crippen LogP contribution in [0.2, 0.25) is 0 Å². The molecule has 2 rings (SSSR count). The zero-order valence-electron chi connectivity index (χ0n) is 12.1. The molecule has 1 aliphatic carbocycles. The summed E-state index contributed by atoms with van der Waals surface area (Å²) >= 11 is 0. The van der Waals surface area contributed by atoms with Gasteiger partial charge in [0.15, 0.2) is 0 Å². The lowest BCUT2D eigenvalue weighted by Gasteiger charge is -2.27. The van der Waals surface area contributed by atoms with Gasteiger partial charge >= 0.3 is 6.01 Å². The van der Waals surface area contributed by atoms with Gasteiger partial charge in [0.25, 0.3) is 0 Å². The molecule has 19 heavy (non-hydrogen) atoms. The third kappa shape index (κ3) is 3.91. The summed E-state index contributed by atoms with van der Waals surface area (Å²) < 4.78 is 10.9. The van der Waals surface area contributed by atoms with Crippen LogP contribution in [0.3, 0.4) is 0 Å². The molecule has 0 aromatic carbocycles. The van der Waals surface area contributed by atoms with Gasteiger partial charge in [-0.05, 0) is 26.9 Å². The van der Waals surface area contributed by atoms with Gasteiger partial charge in [0.1, 0.15) is 0 Å². The van der Waals surface area contributed by atoms with Crippen LogP contribution in [0.25, 0.3) is 0 Å². The Morgan fingerprint density at radius 2 is 2.05 bits per heavy atom. The predicted molar refractivity (Wildman–Crippen MR) is 73.0 cm³/mol. The molecule has 1 fully saturated rings. The number of ether oxygens (including phenoxy) is 1. The topological polar surface area (TPSA) is 63.4 Å². The fourth-order valence-corrected chi connectivity index (χ4v) is 2.73. The average molecular weight is 268 g/mol. The largest absolute Gasteiger partial charge is 0.407 e. The van der Waals surface area contributed by atoms with Crippen molar-refractivity contribution in [1.29, 1.82) is 0 Å². The van der Waals surface area contributed by atoms with Gasteiger partial charge in [-0.15, -0.1) is 5.10 Å². The number of nitrogens with one attached hydrogen (secondary N) is 1. The van der Waals surface area contributed by atoms with Crippen molar-refractivity contribution in [1.82, 2.24) is 15.1 Å². The van der Waals surface area contributed by atoms with E-state index in [1.54, 1.807) is 7.11 Å². The van der Waals surface area contributed by atoms with Crippen molar-refractivity contribution in [2.45, 2.75) is 32.2 Å². The van der Waals surface area contributed by atoms with Crippen molar-refractivity contribution < 1.29 is 9.15 Å². The van der Waals surface area contributed by atoms with Crippen molar-refractivity contribution in [2.24, 2.45) is 5.41 Å². The van der Waals surface area contributed by atoms with Crippen molar-refractivity contribution in [3.05, 3.63) is 5.89 Å². The zero-order chi connectivity index (χ0) is 13.7. The van der Waals surface area contributed by atoms with Crippen molar-refractivity contribution >= 4 is 6.01 Å². The predicted octanol–water partition coefficient (Wildman–Crippen LogP) is 1.75. The van der Waals surface area contributed by atoms with Crippen LogP contribution in [0.4, 0.5) is 6.01 Å². The Hall–Kier alpha value is -1.14. The van der Waals surface area contributed by atoms with E-state index in [-0.39, 0.29) is 5.41 Å². The van der Waals surface area contributed by atoms with Crippen LogP contribution < -0.4 is 5.32 Å². The fourth-order valence-electron chi connectivity index (χ4n) is 2.73. The first kappa shape index (κ1) is 14.3. The summed E-state index contributed by atoms with van der Waals surface area (Å²) in [5.74, 6) is 0.639. The van der Waals surface area contributed by atoms with E-state index in [0.29, 0.717) is 18.5 Å². The van der Waals surface area contributed by atoms with Crippen molar-refractivity contribution in [3.63, 3.8) is 0 Å². The van der Waals surface area contributed by atoms with Crippen LogP contribution in [0.15, 0.2) is 4.42 Å². The molecular formula is C13H24N4O2. The Kier molecular flexibility index (Phi) is 4.76. The number of methoxy groups -OCH3 is 1. The first-order valence-electron chi connectivity index (χ1n) is 6.83. The second-order valence-electron chi connectivity index (χ2n) is 5.73. The third-order valence-corrected chi connectivity index (χ3v) is 3.65. The second kappa shape index (κ2) is 6.34. The van der Waals surface area contributed by atoms with Crippen LogP contribution in [-0.2, 0) is 11.3 Å². The van der Waals surface area contributed by atoms with Crippen LogP contribution in [-0.4, -0.2) is 49.5 Å². The number of anilines is 1. The van der Waals surface area contributed by atoms with Gasteiger partial charge in [-0.3, -0.25) is 0 Å². The minimum atomic E-state index is 0.227. The van der Waals surface area contributed by atoms with Gasteiger partial charge in [-0.25, -0.2) is 0 Å². The molecule has 1 N–H and O–H groups in total. The molecule has 0 unspecified atom stereocenters. The van der Waals surface area contributed by atoms with Gasteiger partial charge in [0.2, 0.25) is 5.89 Å². The Balaban J connectivity index is 1.88. The fraction of sp³-hybridized carbons (Fsp3) is 0.846. The minimum absolute atomic E-state index is 0.227. The highest BCUT2D eigenvalue weighted by Gasteiger charge is 2.34. The van der Waals surface area contributed by atoms with Crippen LogP contribution in [0.1, 0.15) is 31.6 Å². The van der Waals surface area contributed by atoms with Gasteiger partial charge < -0.3 is 19.4 Å². The lowest BCUT2D eigenvalue weighted by molar-refractivity contribution is 0.0919. The zero-order valence-corrected chi connectivity index (χ0v) is 12.1. The van der Waals surface area contributed by atoms with Gasteiger partial charge in [-0.2, -0.15) is 0 Å². The molecule has 1 saturated carbocycles. The quantitative estimate of drug-likeness (QED) is 0.813. The molecule has 1 heterocycles. The summed E-state index contributed by atoms with van der Waals surface area (Å²) in [4.78, 5) is 2.00. The molecule has 108 valence electrons. The number of nitrogens with zero attached hydrogens (tertiary/aromatic N) is 3. The lowest BCUT2D eigenvalue weighted by Crippen LogP contribution is -2.31. The Morgan fingerprint density at radius 1 is 1.32 bits per heavy atom. The molecule has 0 radical (unpaired) electrons. The lowest BCUT2D eigenvalue weighted by atomic mass is 9.87. The smallest absolute Gasteiger partial charge is 0.315 e. The highest BCUT2D eigenvalue weighted by atomic mass is 16.5. The monoisotopic (exact) mass is 268 g/mol. The van der Waals surface area contributed by atoms with E-state index in [0.717, 1.165) is 13.2 Å². The second-order valence-corrected chi connectivity index (χ2v) is 5.73. The average Bonchev–Trinajstić information content (AvgIpc) is 2.97. The van der Waals surface area contributed by atoms with Crippen LogP contribution in [0, 0.1) is 5.41 Å². The maximum atomic E-state index is 5.56. The van der Waals surface area contributed by atoms with Gasteiger partial charge in [0.05, 0.1) is 13.2 Å². The summed E-state index contributed by atoms with van der Waals surface area (Å²) in [5, 5.41) is 11.3. The molecule has 0 spiro atoms. The number of rotatable bonds is 7. The maximum Gasteiger partial charge on any atom is 0.315 e. The number of hydrogen-bond donors (Lipinski definition) is 1. The molecule has 0 atom stereocenters. The molecule has 1 aromatic rings. The normalized spacial score (nSPS) is 18.1. The van der Waals surface area contributed by atoms with E-state index in [1.807, 2.05) is 19.0 Å². The minimum Gasteiger partial charge on any atom is -0.407 e. The molecule has 1 aromatic heterocycles. The van der Waals surface area contributed by atoms with Crippen molar-refractivity contribution in [2.75, 3.05) is 39.7 Å². The molecule has 0 saturated heterocycles. The molecule has 6 nitrogen and oxygen atoms in total. The van der Waals surface area contributed by atoms with E-state index in [1.165, 1.54) is 25.7 Å². The van der Waals surface area contributed by atoms with Crippen LogP contribution in [0.5, 0.6) is 0 Å². The number of aromatic nitrogens is 2. The molecule has 0 bridgehead atoms. The van der Waals surface area contributed by atoms with Gasteiger partial charge in [0, 0.05) is 19.1 Å². The first-order valence-corrected chi connectivity index (χ1v) is 6.83. The van der Waals surface area contributed by atoms with E-state index >= 15 is 0 Å². The first-order chi connectivity index (χ1) is 9.13. The van der Waals surface area contributed by atoms with E-state index in [4.69, 9.17) is 9.15 Å². The summed E-state index contributed by atoms with van der Waals surface area (Å²) in [6.45, 7) is 2.29. The summed E-state index contributed by atoms with van der Waals surface area (Å²) in [7, 11) is 5.72. The van der Waals surface area contributed by atoms with Crippen LogP contribution >= 0.6 is 0 Å². The van der Waals surface area contributed by atoms with E-state index in [2.05, 4.69) is 15.5 Å². The molecule has 1 aliphatic rings. The maximum absolute atomic E-state index is 5.56. The SMILES string of the molecule is COCC1(CNc2nnc(CN(C)C)o2)CCCC1. The van der Waals surface area contributed by atoms with E-state index < -0.39 is 0 Å². The third-order valence-electron chi connectivity index (χ3n) is 3.65. The highest BCUT2D eigenvalue weighted by molar-refractivity contribution is 5.18. The standard InChI is InChI=1S/C13H24N4O2/c1-17(2)8-11-15-16-12(19-11)14-9-13(10-18-3)6-4-5-7-13/h4-10H2,1-3H3,(H,14,16). The molecule has 0 amide bonds. The Bertz CT molecular complexity index is 386. The van der Waals surface area contributed by atoms with Crippen molar-refractivity contribution in [3.8, 4) is 0 Å². The summed E-state index contributed by atoms with van der Waals surface area (Å²) in [5.41, 5.74) is 0.227. The highest BCUT2D eigenvalue weighted by Crippen LogP contribution is 2.38. The number of hydrogen-bond acceptors (Lipinski definition) is 6. The van der Waals surface area contributed by atoms with E-state index in [9.17, 15) is 0 Å². The summed E-state index contributed by atoms with van der Waals surface area (Å²) in [6, 6.07) is 0.513.